The SMILES string of the molecule is CCC(CC#N)NC(C)C(=O)N1CCCCC1. The Labute approximate surface area is 104 Å². The van der Waals surface area contributed by atoms with Crippen molar-refractivity contribution in [2.45, 2.75) is 58.0 Å². The molecule has 0 aromatic carbocycles. The van der Waals surface area contributed by atoms with E-state index in [1.54, 1.807) is 0 Å². The lowest BCUT2D eigenvalue weighted by atomic mass is 10.1. The van der Waals surface area contributed by atoms with Gasteiger partial charge in [-0.05, 0) is 32.6 Å². The predicted octanol–water partition coefficient (Wildman–Crippen LogP) is 1.67. The molecular weight excluding hydrogens is 214 g/mol. The first kappa shape index (κ1) is 14.0. The summed E-state index contributed by atoms with van der Waals surface area (Å²) in [5.74, 6) is 0.182. The van der Waals surface area contributed by atoms with Crippen molar-refractivity contribution in [2.24, 2.45) is 0 Å². The molecule has 0 bridgehead atoms. The summed E-state index contributed by atoms with van der Waals surface area (Å²) in [5, 5.41) is 11.9. The van der Waals surface area contributed by atoms with Gasteiger partial charge in [0.05, 0.1) is 18.5 Å². The van der Waals surface area contributed by atoms with E-state index in [2.05, 4.69) is 11.4 Å². The van der Waals surface area contributed by atoms with Crippen LogP contribution in [0.2, 0.25) is 0 Å². The summed E-state index contributed by atoms with van der Waals surface area (Å²) >= 11 is 0. The molecule has 1 N–H and O–H groups in total. The molecule has 4 heteroatoms. The van der Waals surface area contributed by atoms with Crippen LogP contribution >= 0.6 is 0 Å². The van der Waals surface area contributed by atoms with Crippen LogP contribution in [0.3, 0.4) is 0 Å². The number of amides is 1. The molecule has 2 unspecified atom stereocenters. The smallest absolute Gasteiger partial charge is 0.239 e. The molecule has 96 valence electrons. The summed E-state index contributed by atoms with van der Waals surface area (Å²) in [6.07, 6.45) is 4.82. The lowest BCUT2D eigenvalue weighted by Gasteiger charge is -2.30. The molecule has 0 saturated carbocycles. The highest BCUT2D eigenvalue weighted by Gasteiger charge is 2.23. The van der Waals surface area contributed by atoms with Crippen LogP contribution < -0.4 is 5.32 Å². The van der Waals surface area contributed by atoms with Gasteiger partial charge in [0.1, 0.15) is 0 Å². The van der Waals surface area contributed by atoms with Crippen molar-refractivity contribution in [3.8, 4) is 6.07 Å². The maximum Gasteiger partial charge on any atom is 0.239 e. The van der Waals surface area contributed by atoms with Crippen LogP contribution in [0.5, 0.6) is 0 Å². The van der Waals surface area contributed by atoms with Gasteiger partial charge < -0.3 is 10.2 Å². The molecule has 2 atom stereocenters. The van der Waals surface area contributed by atoms with Crippen molar-refractivity contribution in [1.82, 2.24) is 10.2 Å². The van der Waals surface area contributed by atoms with Gasteiger partial charge in [-0.25, -0.2) is 0 Å². The number of hydrogen-bond acceptors (Lipinski definition) is 3. The van der Waals surface area contributed by atoms with Crippen LogP contribution in [-0.4, -0.2) is 36.0 Å². The Kier molecular flexibility index (Phi) is 5.99. The van der Waals surface area contributed by atoms with Gasteiger partial charge in [-0.1, -0.05) is 6.92 Å². The number of nitrogens with one attached hydrogen (secondary N) is 1. The lowest BCUT2D eigenvalue weighted by molar-refractivity contribution is -0.134. The second-order valence-electron chi connectivity index (χ2n) is 4.74. The zero-order valence-electron chi connectivity index (χ0n) is 10.9. The second kappa shape index (κ2) is 7.29. The van der Waals surface area contributed by atoms with Gasteiger partial charge in [-0.15, -0.1) is 0 Å². The largest absolute Gasteiger partial charge is 0.341 e. The van der Waals surface area contributed by atoms with Crippen LogP contribution in [0.25, 0.3) is 0 Å². The second-order valence-corrected chi connectivity index (χ2v) is 4.74. The normalized spacial score (nSPS) is 19.5. The Hall–Kier alpha value is -1.08. The molecule has 1 heterocycles. The molecule has 1 fully saturated rings. The van der Waals surface area contributed by atoms with E-state index in [1.165, 1.54) is 6.42 Å². The Morgan fingerprint density at radius 3 is 2.59 bits per heavy atom. The van der Waals surface area contributed by atoms with E-state index < -0.39 is 0 Å². The van der Waals surface area contributed by atoms with Crippen LogP contribution in [0.1, 0.15) is 46.0 Å². The molecule has 0 radical (unpaired) electrons. The highest BCUT2D eigenvalue weighted by molar-refractivity contribution is 5.81. The zero-order chi connectivity index (χ0) is 12.7. The number of carbonyl (C=O) groups excluding carboxylic acids is 1. The number of carbonyl (C=O) groups is 1. The maximum atomic E-state index is 12.1. The molecule has 1 rings (SSSR count). The van der Waals surface area contributed by atoms with Crippen molar-refractivity contribution in [1.29, 1.82) is 5.26 Å². The summed E-state index contributed by atoms with van der Waals surface area (Å²) in [4.78, 5) is 14.1. The maximum absolute atomic E-state index is 12.1. The van der Waals surface area contributed by atoms with Gasteiger partial charge in [0.25, 0.3) is 0 Å². The van der Waals surface area contributed by atoms with E-state index in [4.69, 9.17) is 5.26 Å². The molecule has 1 amide bonds. The summed E-state index contributed by atoms with van der Waals surface area (Å²) in [7, 11) is 0. The lowest BCUT2D eigenvalue weighted by Crippen LogP contribution is -2.49. The number of likely N-dealkylation sites (tertiary alicyclic amines) is 1. The highest BCUT2D eigenvalue weighted by Crippen LogP contribution is 2.10. The zero-order valence-corrected chi connectivity index (χ0v) is 10.9. The number of hydrogen-bond donors (Lipinski definition) is 1. The number of rotatable bonds is 5. The minimum Gasteiger partial charge on any atom is -0.341 e. The van der Waals surface area contributed by atoms with Gasteiger partial charge in [-0.3, -0.25) is 4.79 Å². The van der Waals surface area contributed by atoms with E-state index >= 15 is 0 Å². The van der Waals surface area contributed by atoms with Crippen LogP contribution in [0, 0.1) is 11.3 Å². The van der Waals surface area contributed by atoms with Crippen LogP contribution in [-0.2, 0) is 4.79 Å². The van der Waals surface area contributed by atoms with Crippen molar-refractivity contribution in [2.75, 3.05) is 13.1 Å². The minimum absolute atomic E-state index is 0.128. The van der Waals surface area contributed by atoms with E-state index in [-0.39, 0.29) is 18.0 Å². The monoisotopic (exact) mass is 237 g/mol. The summed E-state index contributed by atoms with van der Waals surface area (Å²) in [5.41, 5.74) is 0. The fraction of sp³-hybridized carbons (Fsp3) is 0.846. The van der Waals surface area contributed by atoms with E-state index in [1.807, 2.05) is 18.7 Å². The first-order valence-corrected chi connectivity index (χ1v) is 6.60. The molecule has 0 aliphatic carbocycles. The average molecular weight is 237 g/mol. The van der Waals surface area contributed by atoms with Gasteiger partial charge >= 0.3 is 0 Å². The van der Waals surface area contributed by atoms with Gasteiger partial charge in [0.15, 0.2) is 0 Å². The number of piperidine rings is 1. The van der Waals surface area contributed by atoms with Gasteiger partial charge in [0, 0.05) is 19.1 Å². The minimum atomic E-state index is -0.175. The molecule has 0 spiro atoms. The summed E-state index contributed by atoms with van der Waals surface area (Å²) in [6.45, 7) is 5.71. The van der Waals surface area contributed by atoms with Gasteiger partial charge in [-0.2, -0.15) is 5.26 Å². The Morgan fingerprint density at radius 2 is 2.06 bits per heavy atom. The molecule has 1 aliphatic rings. The molecule has 0 aromatic rings. The van der Waals surface area contributed by atoms with E-state index in [9.17, 15) is 4.79 Å². The third kappa shape index (κ3) is 4.35. The topological polar surface area (TPSA) is 56.1 Å². The number of nitriles is 1. The quantitative estimate of drug-likeness (QED) is 0.791. The third-order valence-electron chi connectivity index (χ3n) is 3.35. The van der Waals surface area contributed by atoms with Crippen LogP contribution in [0.15, 0.2) is 0 Å². The summed E-state index contributed by atoms with van der Waals surface area (Å²) in [6, 6.07) is 2.11. The van der Waals surface area contributed by atoms with E-state index in [0.717, 1.165) is 32.4 Å². The van der Waals surface area contributed by atoms with Crippen molar-refractivity contribution in [3.05, 3.63) is 0 Å². The molecular formula is C13H23N3O. The predicted molar refractivity (Wildman–Crippen MR) is 67.3 cm³/mol. The number of nitrogens with zero attached hydrogens (tertiary/aromatic N) is 2. The molecule has 0 aromatic heterocycles. The third-order valence-corrected chi connectivity index (χ3v) is 3.35. The molecule has 1 saturated heterocycles. The Morgan fingerprint density at radius 1 is 1.41 bits per heavy atom. The first-order valence-electron chi connectivity index (χ1n) is 6.60. The first-order chi connectivity index (χ1) is 8.19. The van der Waals surface area contributed by atoms with Crippen molar-refractivity contribution >= 4 is 5.91 Å². The standard InChI is InChI=1S/C13H23N3O/c1-3-12(7-8-14)15-11(2)13(17)16-9-5-4-6-10-16/h11-12,15H,3-7,9-10H2,1-2H3. The fourth-order valence-corrected chi connectivity index (χ4v) is 2.24. The Bertz CT molecular complexity index is 279. The van der Waals surface area contributed by atoms with Gasteiger partial charge in [0.2, 0.25) is 5.91 Å². The summed E-state index contributed by atoms with van der Waals surface area (Å²) < 4.78 is 0. The van der Waals surface area contributed by atoms with Crippen molar-refractivity contribution < 1.29 is 4.79 Å². The fourth-order valence-electron chi connectivity index (χ4n) is 2.24. The average Bonchev–Trinajstić information content (AvgIpc) is 2.38. The highest BCUT2D eigenvalue weighted by atomic mass is 16.2. The van der Waals surface area contributed by atoms with Crippen molar-refractivity contribution in [3.63, 3.8) is 0 Å². The Balaban J connectivity index is 2.42. The molecule has 17 heavy (non-hydrogen) atoms. The molecule has 1 aliphatic heterocycles. The molecule has 4 nitrogen and oxygen atoms in total. The van der Waals surface area contributed by atoms with Crippen LogP contribution in [0.4, 0.5) is 0 Å². The van der Waals surface area contributed by atoms with E-state index in [0.29, 0.717) is 6.42 Å².